The van der Waals surface area contributed by atoms with Crippen LogP contribution in [0.3, 0.4) is 0 Å². The van der Waals surface area contributed by atoms with Crippen LogP contribution in [-0.2, 0) is 4.79 Å². The first kappa shape index (κ1) is 32.7. The van der Waals surface area contributed by atoms with Gasteiger partial charge in [0.15, 0.2) is 5.78 Å². The van der Waals surface area contributed by atoms with Gasteiger partial charge in [0.25, 0.3) is 0 Å². The lowest BCUT2D eigenvalue weighted by Gasteiger charge is -2.51. The van der Waals surface area contributed by atoms with Crippen LogP contribution >= 0.6 is 12.6 Å². The van der Waals surface area contributed by atoms with Crippen LogP contribution in [0.15, 0.2) is 12.2 Å². The Morgan fingerprint density at radius 1 is 0.758 bits per heavy atom. The Morgan fingerprint density at radius 3 is 1.64 bits per heavy atom. The van der Waals surface area contributed by atoms with E-state index in [-0.39, 0.29) is 21.4 Å². The first-order valence-corrected chi connectivity index (χ1v) is 13.6. The summed E-state index contributed by atoms with van der Waals surface area (Å²) in [5.41, 5.74) is -2.51. The molecule has 0 heterocycles. The maximum atomic E-state index is 13.7. The molecule has 0 saturated carbocycles. The zero-order valence-electron chi connectivity index (χ0n) is 24.7. The average molecular weight is 483 g/mol. The molecule has 196 valence electrons. The van der Waals surface area contributed by atoms with Gasteiger partial charge in [0.2, 0.25) is 0 Å². The fraction of sp³-hybridized carbons (Fsp3) is 0.900. The minimum atomic E-state index is -1.44. The summed E-state index contributed by atoms with van der Waals surface area (Å²) in [6.07, 6.45) is 10.2. The number of allylic oxidation sites excluding steroid dienone is 2. The van der Waals surface area contributed by atoms with E-state index in [0.717, 1.165) is 32.1 Å². The van der Waals surface area contributed by atoms with Crippen molar-refractivity contribution < 1.29 is 9.90 Å². The van der Waals surface area contributed by atoms with Crippen LogP contribution in [0.25, 0.3) is 0 Å². The number of thiol groups is 1. The number of Topliss-reactive ketones (excluding diaryl/α,β-unsaturated/α-hetero) is 1. The van der Waals surface area contributed by atoms with Crippen LogP contribution in [0.1, 0.15) is 135 Å². The van der Waals surface area contributed by atoms with Gasteiger partial charge in [0.1, 0.15) is 5.60 Å². The second-order valence-electron chi connectivity index (χ2n) is 14.2. The van der Waals surface area contributed by atoms with Gasteiger partial charge in [-0.05, 0) is 55.3 Å². The highest BCUT2D eigenvalue weighted by Crippen LogP contribution is 2.53. The summed E-state index contributed by atoms with van der Waals surface area (Å²) in [6.45, 7) is 30.0. The van der Waals surface area contributed by atoms with E-state index in [1.807, 2.05) is 13.8 Å². The first-order chi connectivity index (χ1) is 14.5. The Labute approximate surface area is 213 Å². The van der Waals surface area contributed by atoms with Crippen molar-refractivity contribution in [1.82, 2.24) is 0 Å². The van der Waals surface area contributed by atoms with Crippen molar-refractivity contribution in [2.45, 2.75) is 146 Å². The molecule has 0 aliphatic rings. The van der Waals surface area contributed by atoms with Crippen LogP contribution < -0.4 is 0 Å². The van der Waals surface area contributed by atoms with E-state index in [1.54, 1.807) is 6.92 Å². The van der Waals surface area contributed by atoms with Crippen molar-refractivity contribution in [1.29, 1.82) is 0 Å². The van der Waals surface area contributed by atoms with Crippen LogP contribution in [0.4, 0.5) is 0 Å². The summed E-state index contributed by atoms with van der Waals surface area (Å²) in [5.74, 6) is -0.0806. The minimum Gasteiger partial charge on any atom is -0.382 e. The molecule has 1 N–H and O–H groups in total. The third-order valence-electron chi connectivity index (χ3n) is 9.24. The number of rotatable bonds is 14. The number of carbonyl (C=O) groups is 1. The molecule has 3 unspecified atom stereocenters. The van der Waals surface area contributed by atoms with Gasteiger partial charge in [-0.3, -0.25) is 4.79 Å². The Morgan fingerprint density at radius 2 is 1.24 bits per heavy atom. The minimum absolute atomic E-state index is 0.0331. The molecule has 0 aliphatic heterocycles. The van der Waals surface area contributed by atoms with Crippen molar-refractivity contribution in [2.75, 3.05) is 0 Å². The molecule has 0 aromatic rings. The normalized spacial score (nSPS) is 19.8. The number of hydrogen-bond donors (Lipinski definition) is 2. The second kappa shape index (κ2) is 10.8. The topological polar surface area (TPSA) is 37.3 Å². The molecule has 0 spiro atoms. The highest BCUT2D eigenvalue weighted by molar-refractivity contribution is 7.81. The van der Waals surface area contributed by atoms with Crippen molar-refractivity contribution in [3.8, 4) is 0 Å². The Hall–Kier alpha value is -0.280. The van der Waals surface area contributed by atoms with Gasteiger partial charge in [-0.1, -0.05) is 109 Å². The zero-order valence-corrected chi connectivity index (χ0v) is 25.6. The van der Waals surface area contributed by atoms with E-state index in [4.69, 9.17) is 12.6 Å². The molecular formula is C30H58O2S. The van der Waals surface area contributed by atoms with Gasteiger partial charge in [-0.15, -0.1) is 0 Å². The molecule has 0 aliphatic carbocycles. The number of hydrogen-bond acceptors (Lipinski definition) is 3. The Balaban J connectivity index is 5.94. The lowest BCUT2D eigenvalue weighted by atomic mass is 9.54. The second-order valence-corrected chi connectivity index (χ2v) is 15.2. The highest BCUT2D eigenvalue weighted by atomic mass is 32.1. The van der Waals surface area contributed by atoms with Gasteiger partial charge >= 0.3 is 0 Å². The van der Waals surface area contributed by atoms with Gasteiger partial charge in [0, 0.05) is 15.6 Å². The van der Waals surface area contributed by atoms with Crippen LogP contribution in [0.2, 0.25) is 0 Å². The quantitative estimate of drug-likeness (QED) is 0.191. The number of carbonyl (C=O) groups excluding carboxylic acids is 1. The predicted octanol–water partition coefficient (Wildman–Crippen LogP) is 9.06. The largest absolute Gasteiger partial charge is 0.382 e. The molecule has 3 heteroatoms. The van der Waals surface area contributed by atoms with Gasteiger partial charge in [0.05, 0.1) is 0 Å². The zero-order chi connectivity index (χ0) is 26.7. The van der Waals surface area contributed by atoms with Crippen LogP contribution in [-0.4, -0.2) is 21.2 Å². The number of aliphatic hydroxyl groups is 1. The van der Waals surface area contributed by atoms with E-state index >= 15 is 0 Å². The molecule has 33 heavy (non-hydrogen) atoms. The number of ketones is 1. The predicted molar refractivity (Wildman–Crippen MR) is 150 cm³/mol. The lowest BCUT2D eigenvalue weighted by Crippen LogP contribution is -2.56. The summed E-state index contributed by atoms with van der Waals surface area (Å²) in [7, 11) is 0. The molecule has 0 amide bonds. The van der Waals surface area contributed by atoms with Gasteiger partial charge < -0.3 is 5.11 Å². The summed E-state index contributed by atoms with van der Waals surface area (Å²) in [6, 6.07) is 0. The monoisotopic (exact) mass is 482 g/mol. The molecule has 0 radical (unpaired) electrons. The van der Waals surface area contributed by atoms with Gasteiger partial charge in [-0.25, -0.2) is 0 Å². The maximum absolute atomic E-state index is 13.7. The van der Waals surface area contributed by atoms with E-state index in [0.29, 0.717) is 11.8 Å². The lowest BCUT2D eigenvalue weighted by molar-refractivity contribution is -0.162. The summed E-state index contributed by atoms with van der Waals surface area (Å²) >= 11 is 4.78. The molecule has 2 nitrogen and oxygen atoms in total. The summed E-state index contributed by atoms with van der Waals surface area (Å²) < 4.78 is -0.240. The molecule has 3 atom stereocenters. The maximum Gasteiger partial charge on any atom is 0.170 e. The van der Waals surface area contributed by atoms with Crippen molar-refractivity contribution in [3.05, 3.63) is 12.2 Å². The van der Waals surface area contributed by atoms with Gasteiger partial charge in [-0.2, -0.15) is 12.6 Å². The molecule has 0 bridgehead atoms. The average Bonchev–Trinajstić information content (AvgIpc) is 2.65. The fourth-order valence-corrected chi connectivity index (χ4v) is 5.60. The van der Waals surface area contributed by atoms with Crippen molar-refractivity contribution in [3.63, 3.8) is 0 Å². The van der Waals surface area contributed by atoms with E-state index in [2.05, 4.69) is 88.3 Å². The Kier molecular flexibility index (Phi) is 10.7. The van der Waals surface area contributed by atoms with Crippen molar-refractivity contribution >= 4 is 18.4 Å². The highest BCUT2D eigenvalue weighted by Gasteiger charge is 2.54. The standard InChI is InChI=1S/C30H58O2S/c1-15-24(4,5)19-18-20-28(12,16-2)26(8,9)22-27(10,11)30(14,32)23(31)25(6,7)21-29(13,33)17-3/h18,20,32-33H,15-17,19,21-22H2,1-14H3. The smallest absolute Gasteiger partial charge is 0.170 e. The molecular weight excluding hydrogens is 424 g/mol. The Bertz CT molecular complexity index is 679. The fourth-order valence-electron chi connectivity index (χ4n) is 5.21. The summed E-state index contributed by atoms with van der Waals surface area (Å²) in [5, 5.41) is 11.7. The van der Waals surface area contributed by atoms with Crippen molar-refractivity contribution in [2.24, 2.45) is 27.1 Å². The molecule has 0 fully saturated rings. The van der Waals surface area contributed by atoms with Crippen LogP contribution in [0, 0.1) is 27.1 Å². The molecule has 0 saturated heterocycles. The SMILES string of the molecule is CCC(C)(C)CC=CC(C)(CC)C(C)(C)CC(C)(C)C(C)(O)C(=O)C(C)(C)CC(C)(S)CC. The van der Waals surface area contributed by atoms with E-state index in [9.17, 15) is 9.90 Å². The van der Waals surface area contributed by atoms with E-state index < -0.39 is 16.4 Å². The molecule has 0 aromatic heterocycles. The van der Waals surface area contributed by atoms with E-state index in [1.165, 1.54) is 0 Å². The summed E-state index contributed by atoms with van der Waals surface area (Å²) in [4.78, 5) is 13.7. The third kappa shape index (κ3) is 8.13. The first-order valence-electron chi connectivity index (χ1n) is 13.1. The molecule has 0 rings (SSSR count). The third-order valence-corrected chi connectivity index (χ3v) is 9.71. The molecule has 0 aromatic carbocycles. The van der Waals surface area contributed by atoms with Crippen LogP contribution in [0.5, 0.6) is 0 Å².